The van der Waals surface area contributed by atoms with Gasteiger partial charge in [0.25, 0.3) is 0 Å². The Balaban J connectivity index is 1.76. The molecule has 1 N–H and O–H groups in total. The summed E-state index contributed by atoms with van der Waals surface area (Å²) in [4.78, 5) is 0. The smallest absolute Gasteiger partial charge is 0.0928 e. The summed E-state index contributed by atoms with van der Waals surface area (Å²) in [6.45, 7) is 0.930. The van der Waals surface area contributed by atoms with E-state index in [9.17, 15) is 5.73 Å². The number of rotatable bonds is 2. The molecule has 2 fully saturated rings. The lowest BCUT2D eigenvalue weighted by Gasteiger charge is -2.27. The first-order valence-electron chi connectivity index (χ1n) is 6.40. The quantitative estimate of drug-likeness (QED) is 0.756. The van der Waals surface area contributed by atoms with Gasteiger partial charge >= 0.3 is 0 Å². The monoisotopic (exact) mass is 210 g/mol. The van der Waals surface area contributed by atoms with Gasteiger partial charge in [-0.15, -0.1) is 5.73 Å². The van der Waals surface area contributed by atoms with E-state index in [0.29, 0.717) is 12.1 Å². The molecule has 2 radical (unpaired) electrons. The molecule has 2 aliphatic rings. The molecular weight excluding hydrogens is 188 g/mol. The fourth-order valence-electron chi connectivity index (χ4n) is 2.66. The highest BCUT2D eigenvalue weighted by Gasteiger charge is 2.22. The zero-order valence-corrected chi connectivity index (χ0v) is 9.45. The second-order valence-corrected chi connectivity index (χ2v) is 4.89. The van der Waals surface area contributed by atoms with Gasteiger partial charge in [-0.3, -0.25) is 5.32 Å². The second-order valence-electron chi connectivity index (χ2n) is 4.89. The molecule has 15 heavy (non-hydrogen) atoms. The maximum atomic E-state index is 9.64. The van der Waals surface area contributed by atoms with Gasteiger partial charge in [-0.25, -0.2) is 0 Å². The molecule has 0 bridgehead atoms. The van der Waals surface area contributed by atoms with Crippen LogP contribution in [0.3, 0.4) is 0 Å². The van der Waals surface area contributed by atoms with Crippen molar-refractivity contribution in [2.75, 3.05) is 6.61 Å². The highest BCUT2D eigenvalue weighted by atomic mass is 16.5. The van der Waals surface area contributed by atoms with Crippen LogP contribution < -0.4 is 11.1 Å². The first kappa shape index (κ1) is 11.4. The van der Waals surface area contributed by atoms with Crippen LogP contribution >= 0.6 is 0 Å². The molecule has 2 rings (SSSR count). The summed E-state index contributed by atoms with van der Waals surface area (Å²) in [5, 5.41) is 3.30. The lowest BCUT2D eigenvalue weighted by molar-refractivity contribution is 0.00434. The fourth-order valence-corrected chi connectivity index (χ4v) is 2.66. The van der Waals surface area contributed by atoms with Gasteiger partial charge in [0, 0.05) is 12.6 Å². The molecule has 2 aliphatic heterocycles. The largest absolute Gasteiger partial charge is 0.378 e. The topological polar surface area (TPSA) is 43.6 Å². The molecule has 2 saturated heterocycles. The van der Waals surface area contributed by atoms with E-state index in [4.69, 9.17) is 4.74 Å². The Hall–Kier alpha value is -0.120. The van der Waals surface area contributed by atoms with Gasteiger partial charge in [-0.05, 0) is 38.5 Å². The molecular formula is C12H22N2O. The Labute approximate surface area is 92.7 Å². The number of ether oxygens (including phenoxy) is 1. The summed E-state index contributed by atoms with van der Waals surface area (Å²) in [6.07, 6.45) is 9.43. The highest BCUT2D eigenvalue weighted by molar-refractivity contribution is 4.79. The van der Waals surface area contributed by atoms with Gasteiger partial charge in [-0.2, -0.15) is 0 Å². The molecule has 3 atom stereocenters. The van der Waals surface area contributed by atoms with Crippen LogP contribution in [-0.2, 0) is 4.74 Å². The minimum absolute atomic E-state index is 0.291. The zero-order valence-electron chi connectivity index (χ0n) is 9.45. The van der Waals surface area contributed by atoms with Gasteiger partial charge in [0.05, 0.1) is 12.3 Å². The Morgan fingerprint density at radius 2 is 1.87 bits per heavy atom. The van der Waals surface area contributed by atoms with Crippen molar-refractivity contribution in [3.63, 3.8) is 0 Å². The van der Waals surface area contributed by atoms with Gasteiger partial charge in [0.1, 0.15) is 0 Å². The van der Waals surface area contributed by atoms with Crippen molar-refractivity contribution in [2.45, 2.75) is 69.7 Å². The fraction of sp³-hybridized carbons (Fsp3) is 1.00. The number of nitrogens with zero attached hydrogens (tertiary/aromatic N) is 1. The zero-order chi connectivity index (χ0) is 10.5. The van der Waals surface area contributed by atoms with E-state index < -0.39 is 0 Å². The Morgan fingerprint density at radius 1 is 1.07 bits per heavy atom. The molecule has 0 aromatic heterocycles. The van der Waals surface area contributed by atoms with Crippen molar-refractivity contribution in [1.29, 1.82) is 0 Å². The van der Waals surface area contributed by atoms with Gasteiger partial charge in [0.2, 0.25) is 0 Å². The minimum Gasteiger partial charge on any atom is -0.378 e. The predicted molar refractivity (Wildman–Crippen MR) is 59.5 cm³/mol. The SMILES string of the molecule is [N]C1CCCCC(CC2CCCCO2)N1. The summed E-state index contributed by atoms with van der Waals surface area (Å²) < 4.78 is 5.74. The van der Waals surface area contributed by atoms with Crippen molar-refractivity contribution in [3.8, 4) is 0 Å². The average molecular weight is 210 g/mol. The molecule has 0 aromatic carbocycles. The van der Waals surface area contributed by atoms with Crippen LogP contribution in [0.15, 0.2) is 0 Å². The van der Waals surface area contributed by atoms with Crippen molar-refractivity contribution in [2.24, 2.45) is 0 Å². The maximum absolute atomic E-state index is 9.64. The van der Waals surface area contributed by atoms with E-state index in [-0.39, 0.29) is 6.17 Å². The summed E-state index contributed by atoms with van der Waals surface area (Å²) in [5.74, 6) is 0. The van der Waals surface area contributed by atoms with Gasteiger partial charge < -0.3 is 4.74 Å². The Bertz CT molecular complexity index is 180. The molecule has 3 unspecified atom stereocenters. The highest BCUT2D eigenvalue weighted by Crippen LogP contribution is 2.21. The molecule has 86 valence electrons. The predicted octanol–water partition coefficient (Wildman–Crippen LogP) is 1.87. The van der Waals surface area contributed by atoms with Gasteiger partial charge in [0.15, 0.2) is 0 Å². The molecule has 3 nitrogen and oxygen atoms in total. The van der Waals surface area contributed by atoms with Crippen molar-refractivity contribution >= 4 is 0 Å². The average Bonchev–Trinajstić information content (AvgIpc) is 2.44. The second kappa shape index (κ2) is 5.83. The molecule has 2 heterocycles. The summed E-state index contributed by atoms with van der Waals surface area (Å²) in [5.41, 5.74) is 9.64. The van der Waals surface area contributed by atoms with Crippen LogP contribution in [0.2, 0.25) is 0 Å². The third kappa shape index (κ3) is 3.74. The third-order valence-corrected chi connectivity index (χ3v) is 3.53. The lowest BCUT2D eigenvalue weighted by Crippen LogP contribution is -2.40. The first-order chi connectivity index (χ1) is 7.34. The third-order valence-electron chi connectivity index (χ3n) is 3.53. The first-order valence-corrected chi connectivity index (χ1v) is 6.40. The minimum atomic E-state index is -0.291. The normalized spacial score (nSPS) is 38.6. The standard InChI is InChI=1S/C12H22N2O/c13-12-7-2-1-5-10(14-12)9-11-6-3-4-8-15-11/h10-12,14H,1-9H2. The Morgan fingerprint density at radius 3 is 2.67 bits per heavy atom. The molecule has 3 heteroatoms. The van der Waals surface area contributed by atoms with Crippen molar-refractivity contribution in [3.05, 3.63) is 0 Å². The summed E-state index contributed by atoms with van der Waals surface area (Å²) >= 11 is 0. The van der Waals surface area contributed by atoms with Crippen molar-refractivity contribution < 1.29 is 4.74 Å². The van der Waals surface area contributed by atoms with Gasteiger partial charge in [-0.1, -0.05) is 12.8 Å². The maximum Gasteiger partial charge on any atom is 0.0928 e. The van der Waals surface area contributed by atoms with Crippen LogP contribution in [0.1, 0.15) is 51.4 Å². The molecule has 0 aromatic rings. The molecule has 0 aliphatic carbocycles. The molecule has 0 saturated carbocycles. The molecule has 0 amide bonds. The van der Waals surface area contributed by atoms with Crippen LogP contribution in [0, 0.1) is 0 Å². The van der Waals surface area contributed by atoms with Crippen LogP contribution in [-0.4, -0.2) is 24.9 Å². The van der Waals surface area contributed by atoms with Crippen molar-refractivity contribution in [1.82, 2.24) is 11.1 Å². The van der Waals surface area contributed by atoms with E-state index in [1.54, 1.807) is 0 Å². The number of hydrogen-bond donors (Lipinski definition) is 1. The Kier molecular flexibility index (Phi) is 4.42. The van der Waals surface area contributed by atoms with E-state index in [1.165, 1.54) is 32.1 Å². The lowest BCUT2D eigenvalue weighted by atomic mass is 9.99. The number of hydrogen-bond acceptors (Lipinski definition) is 2. The van der Waals surface area contributed by atoms with Crippen LogP contribution in [0.25, 0.3) is 0 Å². The number of nitrogens with one attached hydrogen (secondary N) is 1. The van der Waals surface area contributed by atoms with E-state index in [1.807, 2.05) is 0 Å². The van der Waals surface area contributed by atoms with E-state index in [0.717, 1.165) is 25.9 Å². The molecule has 0 spiro atoms. The summed E-state index contributed by atoms with van der Waals surface area (Å²) in [7, 11) is 0. The van der Waals surface area contributed by atoms with E-state index >= 15 is 0 Å². The van der Waals surface area contributed by atoms with Crippen LogP contribution in [0.4, 0.5) is 0 Å². The van der Waals surface area contributed by atoms with Crippen LogP contribution in [0.5, 0.6) is 0 Å². The van der Waals surface area contributed by atoms with E-state index in [2.05, 4.69) is 5.32 Å². The summed E-state index contributed by atoms with van der Waals surface area (Å²) in [6, 6.07) is 0.464.